The van der Waals surface area contributed by atoms with Crippen LogP contribution in [0.4, 0.5) is 5.69 Å². The molecular formula is C23H28N2O5S. The molecule has 0 atom stereocenters. The molecular weight excluding hydrogens is 416 g/mol. The van der Waals surface area contributed by atoms with E-state index in [0.29, 0.717) is 0 Å². The predicted molar refractivity (Wildman–Crippen MR) is 118 cm³/mol. The molecule has 3 rings (SSSR count). The molecule has 31 heavy (non-hydrogen) atoms. The smallest absolute Gasteiger partial charge is 0.339 e. The Morgan fingerprint density at radius 2 is 1.68 bits per heavy atom. The monoisotopic (exact) mass is 444 g/mol. The zero-order chi connectivity index (χ0) is 22.4. The number of sulfonamides is 1. The van der Waals surface area contributed by atoms with Gasteiger partial charge < -0.3 is 10.1 Å². The third-order valence-corrected chi connectivity index (χ3v) is 7.43. The molecule has 1 saturated carbocycles. The number of amides is 1. The maximum Gasteiger partial charge on any atom is 0.339 e. The third-order valence-electron chi connectivity index (χ3n) is 5.52. The summed E-state index contributed by atoms with van der Waals surface area (Å²) < 4.78 is 32.9. The Bertz CT molecular complexity index is 1030. The fourth-order valence-corrected chi connectivity index (χ4v) is 5.48. The number of anilines is 1. The lowest BCUT2D eigenvalue weighted by molar-refractivity contribution is -0.116. The molecule has 0 aromatic heterocycles. The van der Waals surface area contributed by atoms with Gasteiger partial charge in [0.15, 0.2) is 0 Å². The summed E-state index contributed by atoms with van der Waals surface area (Å²) in [6.07, 6.45) is 4.36. The minimum atomic E-state index is -3.86. The van der Waals surface area contributed by atoms with E-state index in [1.54, 1.807) is 48.5 Å². The second kappa shape index (κ2) is 10.1. The number of aryl methyl sites for hydroxylation is 1. The first-order valence-electron chi connectivity index (χ1n) is 10.4. The number of esters is 1. The van der Waals surface area contributed by atoms with Crippen molar-refractivity contribution in [1.82, 2.24) is 4.31 Å². The lowest BCUT2D eigenvalue weighted by Gasteiger charge is -2.33. The molecule has 1 amide bonds. The van der Waals surface area contributed by atoms with Crippen molar-refractivity contribution in [2.45, 2.75) is 50.0 Å². The van der Waals surface area contributed by atoms with E-state index in [1.165, 1.54) is 11.4 Å². The van der Waals surface area contributed by atoms with Gasteiger partial charge in [0.2, 0.25) is 15.9 Å². The van der Waals surface area contributed by atoms with E-state index >= 15 is 0 Å². The molecule has 0 radical (unpaired) electrons. The van der Waals surface area contributed by atoms with Gasteiger partial charge in [-0.3, -0.25) is 4.79 Å². The van der Waals surface area contributed by atoms with E-state index in [0.717, 1.165) is 37.7 Å². The maximum absolute atomic E-state index is 13.4. The molecule has 1 aliphatic rings. The van der Waals surface area contributed by atoms with Gasteiger partial charge in [-0.15, -0.1) is 0 Å². The molecule has 1 N–H and O–H groups in total. The first kappa shape index (κ1) is 23.0. The summed E-state index contributed by atoms with van der Waals surface area (Å²) in [6, 6.07) is 12.9. The SMILES string of the molecule is COC(=O)c1ccccc1NC(=O)CN(C1CCCCC1)S(=O)(=O)c1ccc(C)cc1. The Morgan fingerprint density at radius 1 is 1.03 bits per heavy atom. The van der Waals surface area contributed by atoms with Crippen molar-refractivity contribution in [3.8, 4) is 0 Å². The van der Waals surface area contributed by atoms with Crippen LogP contribution in [0, 0.1) is 6.92 Å². The molecule has 1 aliphatic carbocycles. The van der Waals surface area contributed by atoms with Crippen LogP contribution in [0.2, 0.25) is 0 Å². The highest BCUT2D eigenvalue weighted by Crippen LogP contribution is 2.28. The molecule has 2 aromatic carbocycles. The number of carbonyl (C=O) groups excluding carboxylic acids is 2. The second-order valence-electron chi connectivity index (χ2n) is 7.74. The van der Waals surface area contributed by atoms with Gasteiger partial charge in [0.1, 0.15) is 0 Å². The van der Waals surface area contributed by atoms with E-state index in [9.17, 15) is 18.0 Å². The van der Waals surface area contributed by atoms with Crippen LogP contribution in [0.3, 0.4) is 0 Å². The summed E-state index contributed by atoms with van der Waals surface area (Å²) in [7, 11) is -2.59. The summed E-state index contributed by atoms with van der Waals surface area (Å²) >= 11 is 0. The first-order valence-corrected chi connectivity index (χ1v) is 11.8. The van der Waals surface area contributed by atoms with Crippen LogP contribution in [0.25, 0.3) is 0 Å². The first-order chi connectivity index (χ1) is 14.8. The van der Waals surface area contributed by atoms with Gasteiger partial charge in [-0.05, 0) is 44.0 Å². The van der Waals surface area contributed by atoms with Gasteiger partial charge in [-0.2, -0.15) is 4.31 Å². The number of hydrogen-bond donors (Lipinski definition) is 1. The topological polar surface area (TPSA) is 92.8 Å². The normalized spacial score (nSPS) is 14.9. The number of nitrogens with one attached hydrogen (secondary N) is 1. The Kier molecular flexibility index (Phi) is 7.46. The summed E-state index contributed by atoms with van der Waals surface area (Å²) in [6.45, 7) is 1.57. The van der Waals surface area contributed by atoms with Crippen molar-refractivity contribution in [2.24, 2.45) is 0 Å². The molecule has 166 valence electrons. The molecule has 2 aromatic rings. The van der Waals surface area contributed by atoms with Gasteiger partial charge in [0.05, 0.1) is 29.8 Å². The lowest BCUT2D eigenvalue weighted by atomic mass is 9.95. The number of methoxy groups -OCH3 is 1. The lowest BCUT2D eigenvalue weighted by Crippen LogP contribution is -2.45. The number of carbonyl (C=O) groups is 2. The standard InChI is InChI=1S/C23H28N2O5S/c1-17-12-14-19(15-13-17)31(28,29)25(18-8-4-3-5-9-18)16-22(26)24-21-11-7-6-10-20(21)23(27)30-2/h6-7,10-15,18H,3-5,8-9,16H2,1-2H3,(H,24,26). The van der Waals surface area contributed by atoms with Gasteiger partial charge in [0, 0.05) is 6.04 Å². The largest absolute Gasteiger partial charge is 0.465 e. The number of nitrogens with zero attached hydrogens (tertiary/aromatic N) is 1. The number of rotatable bonds is 7. The number of benzene rings is 2. The molecule has 0 unspecified atom stereocenters. The van der Waals surface area contributed by atoms with Crippen LogP contribution >= 0.6 is 0 Å². The molecule has 0 spiro atoms. The van der Waals surface area contributed by atoms with Crippen LogP contribution in [-0.2, 0) is 19.6 Å². The van der Waals surface area contributed by atoms with Crippen molar-refractivity contribution in [3.63, 3.8) is 0 Å². The van der Waals surface area contributed by atoms with E-state index in [4.69, 9.17) is 4.74 Å². The number of para-hydroxylation sites is 1. The number of hydrogen-bond acceptors (Lipinski definition) is 5. The molecule has 7 nitrogen and oxygen atoms in total. The van der Waals surface area contributed by atoms with Gasteiger partial charge in [-0.25, -0.2) is 13.2 Å². The summed E-state index contributed by atoms with van der Waals surface area (Å²) in [5, 5.41) is 2.68. The quantitative estimate of drug-likeness (QED) is 0.657. The van der Waals surface area contributed by atoms with Crippen LogP contribution in [-0.4, -0.2) is 44.3 Å². The van der Waals surface area contributed by atoms with E-state index in [-0.39, 0.29) is 28.7 Å². The van der Waals surface area contributed by atoms with E-state index < -0.39 is 21.9 Å². The van der Waals surface area contributed by atoms with Crippen molar-refractivity contribution in [3.05, 3.63) is 59.7 Å². The predicted octanol–water partition coefficient (Wildman–Crippen LogP) is 3.74. The second-order valence-corrected chi connectivity index (χ2v) is 9.63. The van der Waals surface area contributed by atoms with Gasteiger partial charge in [0.25, 0.3) is 0 Å². The highest BCUT2D eigenvalue weighted by Gasteiger charge is 2.34. The van der Waals surface area contributed by atoms with E-state index in [1.807, 2.05) is 6.92 Å². The number of ether oxygens (including phenoxy) is 1. The Balaban J connectivity index is 1.86. The minimum Gasteiger partial charge on any atom is -0.465 e. The average molecular weight is 445 g/mol. The average Bonchev–Trinajstić information content (AvgIpc) is 2.78. The van der Waals surface area contributed by atoms with Crippen molar-refractivity contribution in [1.29, 1.82) is 0 Å². The molecule has 8 heteroatoms. The highest BCUT2D eigenvalue weighted by atomic mass is 32.2. The Hall–Kier alpha value is -2.71. The molecule has 0 aliphatic heterocycles. The van der Waals surface area contributed by atoms with Crippen molar-refractivity contribution < 1.29 is 22.7 Å². The molecule has 1 fully saturated rings. The fourth-order valence-electron chi connectivity index (χ4n) is 3.84. The maximum atomic E-state index is 13.4. The van der Waals surface area contributed by atoms with Crippen molar-refractivity contribution >= 4 is 27.6 Å². The third kappa shape index (κ3) is 5.51. The zero-order valence-corrected chi connectivity index (χ0v) is 18.7. The van der Waals surface area contributed by atoms with E-state index in [2.05, 4.69) is 5.32 Å². The van der Waals surface area contributed by atoms with Gasteiger partial charge in [-0.1, -0.05) is 49.1 Å². The zero-order valence-electron chi connectivity index (χ0n) is 17.8. The van der Waals surface area contributed by atoms with Gasteiger partial charge >= 0.3 is 5.97 Å². The molecule has 0 bridgehead atoms. The Morgan fingerprint density at radius 3 is 2.32 bits per heavy atom. The van der Waals surface area contributed by atoms with Crippen LogP contribution in [0.15, 0.2) is 53.4 Å². The minimum absolute atomic E-state index is 0.173. The summed E-state index contributed by atoms with van der Waals surface area (Å²) in [5.41, 5.74) is 1.46. The fraction of sp³-hybridized carbons (Fsp3) is 0.391. The molecule has 0 saturated heterocycles. The summed E-state index contributed by atoms with van der Waals surface area (Å²) in [4.78, 5) is 25.0. The Labute approximate surface area is 183 Å². The van der Waals surface area contributed by atoms with Crippen molar-refractivity contribution in [2.75, 3.05) is 19.0 Å². The van der Waals surface area contributed by atoms with Crippen LogP contribution < -0.4 is 5.32 Å². The molecule has 0 heterocycles. The van der Waals surface area contributed by atoms with Crippen LogP contribution in [0.5, 0.6) is 0 Å². The highest BCUT2D eigenvalue weighted by molar-refractivity contribution is 7.89. The van der Waals surface area contributed by atoms with Crippen LogP contribution in [0.1, 0.15) is 48.0 Å². The summed E-state index contributed by atoms with van der Waals surface area (Å²) in [5.74, 6) is -1.08.